The Hall–Kier alpha value is -0.570. The van der Waals surface area contributed by atoms with E-state index in [1.165, 1.54) is 14.8 Å². The van der Waals surface area contributed by atoms with Crippen LogP contribution in [0.5, 0.6) is 0 Å². The Morgan fingerprint density at radius 1 is 0.933 bits per heavy atom. The molecule has 0 aliphatic rings. The van der Waals surface area contributed by atoms with Crippen LogP contribution in [0.2, 0.25) is 5.02 Å². The third kappa shape index (κ3) is 1.40. The Balaban J connectivity index is 2.67. The summed E-state index contributed by atoms with van der Waals surface area (Å²) in [4.78, 5) is 0. The summed E-state index contributed by atoms with van der Waals surface area (Å²) in [5.41, 5.74) is 0. The van der Waals surface area contributed by atoms with E-state index < -0.39 is 0 Å². The SMILES string of the molecule is Clc1cccc2sc3cccc(Br)c3c12. The fraction of sp³-hybridized carbons (Fsp3) is 0. The molecule has 74 valence electrons. The molecule has 0 atom stereocenters. The van der Waals surface area contributed by atoms with E-state index in [1.54, 1.807) is 11.3 Å². The largest absolute Gasteiger partial charge is 0.135 e. The van der Waals surface area contributed by atoms with Crippen molar-refractivity contribution in [3.8, 4) is 0 Å². The lowest BCUT2D eigenvalue weighted by atomic mass is 10.1. The van der Waals surface area contributed by atoms with Gasteiger partial charge >= 0.3 is 0 Å². The fourth-order valence-corrected chi connectivity index (χ4v) is 3.96. The Labute approximate surface area is 105 Å². The molecule has 3 heteroatoms. The van der Waals surface area contributed by atoms with Gasteiger partial charge < -0.3 is 0 Å². The molecule has 0 nitrogen and oxygen atoms in total. The van der Waals surface area contributed by atoms with Gasteiger partial charge in [0.1, 0.15) is 0 Å². The van der Waals surface area contributed by atoms with Gasteiger partial charge in [-0.2, -0.15) is 0 Å². The van der Waals surface area contributed by atoms with Crippen LogP contribution in [0.3, 0.4) is 0 Å². The summed E-state index contributed by atoms with van der Waals surface area (Å²) in [7, 11) is 0. The van der Waals surface area contributed by atoms with Gasteiger partial charge in [0, 0.05) is 29.7 Å². The van der Waals surface area contributed by atoms with Gasteiger partial charge in [-0.3, -0.25) is 0 Å². The van der Waals surface area contributed by atoms with Crippen LogP contribution >= 0.6 is 38.9 Å². The predicted molar refractivity (Wildman–Crippen MR) is 72.0 cm³/mol. The summed E-state index contributed by atoms with van der Waals surface area (Å²) in [6, 6.07) is 12.3. The van der Waals surface area contributed by atoms with Crippen LogP contribution in [0.4, 0.5) is 0 Å². The molecule has 0 aliphatic heterocycles. The highest BCUT2D eigenvalue weighted by molar-refractivity contribution is 9.10. The number of thiophene rings is 1. The van der Waals surface area contributed by atoms with Gasteiger partial charge in [0.15, 0.2) is 0 Å². The second-order valence-electron chi connectivity index (χ2n) is 3.33. The second kappa shape index (κ2) is 3.48. The van der Waals surface area contributed by atoms with Gasteiger partial charge in [-0.1, -0.05) is 39.7 Å². The summed E-state index contributed by atoms with van der Waals surface area (Å²) < 4.78 is 3.62. The average molecular weight is 298 g/mol. The molecule has 2 aromatic carbocycles. The van der Waals surface area contributed by atoms with Crippen molar-refractivity contribution in [3.63, 3.8) is 0 Å². The predicted octanol–water partition coefficient (Wildman–Crippen LogP) is 5.47. The van der Waals surface area contributed by atoms with Gasteiger partial charge in [0.2, 0.25) is 0 Å². The van der Waals surface area contributed by atoms with Gasteiger partial charge in [0.05, 0.1) is 0 Å². The zero-order valence-electron chi connectivity index (χ0n) is 7.63. The van der Waals surface area contributed by atoms with Crippen molar-refractivity contribution in [1.29, 1.82) is 0 Å². The average Bonchev–Trinajstić information content (AvgIpc) is 2.58. The van der Waals surface area contributed by atoms with Crippen molar-refractivity contribution in [3.05, 3.63) is 45.9 Å². The molecular formula is C12H6BrClS. The van der Waals surface area contributed by atoms with Crippen molar-refractivity contribution < 1.29 is 0 Å². The van der Waals surface area contributed by atoms with Crippen molar-refractivity contribution in [2.45, 2.75) is 0 Å². The molecule has 1 heterocycles. The fourth-order valence-electron chi connectivity index (χ4n) is 1.78. The van der Waals surface area contributed by atoms with E-state index in [1.807, 2.05) is 12.1 Å². The Morgan fingerprint density at radius 2 is 1.60 bits per heavy atom. The minimum atomic E-state index is 0.825. The molecule has 3 rings (SSSR count). The van der Waals surface area contributed by atoms with Crippen LogP contribution < -0.4 is 0 Å². The van der Waals surface area contributed by atoms with E-state index in [0.717, 1.165) is 14.9 Å². The van der Waals surface area contributed by atoms with Gasteiger partial charge in [-0.05, 0) is 24.3 Å². The molecule has 0 fully saturated rings. The zero-order valence-corrected chi connectivity index (χ0v) is 10.8. The van der Waals surface area contributed by atoms with Crippen molar-refractivity contribution >= 4 is 59.0 Å². The number of fused-ring (bicyclic) bond motifs is 3. The van der Waals surface area contributed by atoms with Gasteiger partial charge in [0.25, 0.3) is 0 Å². The minimum absolute atomic E-state index is 0.825. The lowest BCUT2D eigenvalue weighted by Gasteiger charge is -1.96. The maximum absolute atomic E-state index is 6.24. The number of halogens is 2. The molecule has 3 aromatic rings. The first-order valence-corrected chi connectivity index (χ1v) is 6.51. The maximum Gasteiger partial charge on any atom is 0.0499 e. The molecule has 0 aliphatic carbocycles. The standard InChI is InChI=1S/C12H6BrClS/c13-7-3-1-5-9-11(7)12-8(14)4-2-6-10(12)15-9/h1-6H. The van der Waals surface area contributed by atoms with Crippen LogP contribution in [-0.2, 0) is 0 Å². The quantitative estimate of drug-likeness (QED) is 0.516. The number of rotatable bonds is 0. The molecule has 0 bridgehead atoms. The molecular weight excluding hydrogens is 292 g/mol. The highest BCUT2D eigenvalue weighted by Crippen LogP contribution is 2.41. The molecule has 0 N–H and O–H groups in total. The van der Waals surface area contributed by atoms with E-state index >= 15 is 0 Å². The minimum Gasteiger partial charge on any atom is -0.135 e. The van der Waals surface area contributed by atoms with Crippen LogP contribution in [0.15, 0.2) is 40.9 Å². The third-order valence-corrected chi connectivity index (χ3v) is 4.52. The first kappa shape index (κ1) is 9.64. The van der Waals surface area contributed by atoms with Crippen LogP contribution in [0.1, 0.15) is 0 Å². The zero-order chi connectivity index (χ0) is 10.4. The highest BCUT2D eigenvalue weighted by Gasteiger charge is 2.09. The first-order chi connectivity index (χ1) is 7.27. The molecule has 0 unspecified atom stereocenters. The normalized spacial score (nSPS) is 11.3. The third-order valence-electron chi connectivity index (χ3n) is 2.42. The highest BCUT2D eigenvalue weighted by atomic mass is 79.9. The Bertz CT molecular complexity index is 601. The molecule has 15 heavy (non-hydrogen) atoms. The summed E-state index contributed by atoms with van der Waals surface area (Å²) in [6.07, 6.45) is 0. The number of hydrogen-bond acceptors (Lipinski definition) is 1. The van der Waals surface area contributed by atoms with Crippen molar-refractivity contribution in [1.82, 2.24) is 0 Å². The van der Waals surface area contributed by atoms with Crippen molar-refractivity contribution in [2.75, 3.05) is 0 Å². The smallest absolute Gasteiger partial charge is 0.0499 e. The second-order valence-corrected chi connectivity index (χ2v) is 5.67. The van der Waals surface area contributed by atoms with Crippen molar-refractivity contribution in [2.24, 2.45) is 0 Å². The molecule has 0 spiro atoms. The molecule has 0 saturated carbocycles. The molecule has 0 amide bonds. The Kier molecular flexibility index (Phi) is 2.23. The van der Waals surface area contributed by atoms with Crippen LogP contribution in [0.25, 0.3) is 20.2 Å². The van der Waals surface area contributed by atoms with E-state index in [4.69, 9.17) is 11.6 Å². The van der Waals surface area contributed by atoms with E-state index in [-0.39, 0.29) is 0 Å². The summed E-state index contributed by atoms with van der Waals surface area (Å²) in [5.74, 6) is 0. The Morgan fingerprint density at radius 3 is 2.40 bits per heavy atom. The molecule has 0 radical (unpaired) electrons. The van der Waals surface area contributed by atoms with E-state index in [2.05, 4.69) is 40.2 Å². The van der Waals surface area contributed by atoms with Gasteiger partial charge in [-0.15, -0.1) is 11.3 Å². The van der Waals surface area contributed by atoms with Gasteiger partial charge in [-0.25, -0.2) is 0 Å². The monoisotopic (exact) mass is 296 g/mol. The van der Waals surface area contributed by atoms with E-state index in [0.29, 0.717) is 0 Å². The molecule has 1 aromatic heterocycles. The maximum atomic E-state index is 6.24. The van der Waals surface area contributed by atoms with Crippen LogP contribution in [-0.4, -0.2) is 0 Å². The summed E-state index contributed by atoms with van der Waals surface area (Å²) in [6.45, 7) is 0. The number of hydrogen-bond donors (Lipinski definition) is 0. The lowest BCUT2D eigenvalue weighted by Crippen LogP contribution is -1.70. The van der Waals surface area contributed by atoms with Crippen LogP contribution in [0, 0.1) is 0 Å². The summed E-state index contributed by atoms with van der Waals surface area (Å²) >= 11 is 11.6. The lowest BCUT2D eigenvalue weighted by molar-refractivity contribution is 1.79. The topological polar surface area (TPSA) is 0 Å². The van der Waals surface area contributed by atoms with E-state index in [9.17, 15) is 0 Å². The molecule has 0 saturated heterocycles. The number of benzene rings is 2. The first-order valence-electron chi connectivity index (χ1n) is 4.52. The summed E-state index contributed by atoms with van der Waals surface area (Å²) in [5, 5.41) is 3.21.